The molecule has 1 fully saturated rings. The highest BCUT2D eigenvalue weighted by atomic mass is 16.6. The topological polar surface area (TPSA) is 78.9 Å². The van der Waals surface area contributed by atoms with Crippen LogP contribution in [0.15, 0.2) is 12.7 Å². The predicted octanol–water partition coefficient (Wildman–Crippen LogP) is 7.87. The van der Waals surface area contributed by atoms with E-state index in [4.69, 9.17) is 14.2 Å². The molecule has 6 heteroatoms. The lowest BCUT2D eigenvalue weighted by atomic mass is 9.77. The Morgan fingerprint density at radius 3 is 2.03 bits per heavy atom. The summed E-state index contributed by atoms with van der Waals surface area (Å²) < 4.78 is 16.6. The molecule has 2 atom stereocenters. The monoisotopic (exact) mass is 522 g/mol. The Balaban J connectivity index is 2.39. The van der Waals surface area contributed by atoms with Gasteiger partial charge in [-0.1, -0.05) is 104 Å². The molecule has 0 aromatic carbocycles. The Hall–Kier alpha value is -1.85. The van der Waals surface area contributed by atoms with Crippen LogP contribution in [0.3, 0.4) is 0 Å². The fourth-order valence-corrected chi connectivity index (χ4v) is 5.00. The smallest absolute Gasteiger partial charge is 0.350 e. The van der Waals surface area contributed by atoms with Crippen LogP contribution < -0.4 is 0 Å². The van der Waals surface area contributed by atoms with Crippen LogP contribution >= 0.6 is 0 Å². The van der Waals surface area contributed by atoms with Crippen molar-refractivity contribution < 1.29 is 28.6 Å². The summed E-state index contributed by atoms with van der Waals surface area (Å²) in [5.41, 5.74) is -1.44. The second kappa shape index (κ2) is 20.2. The van der Waals surface area contributed by atoms with Crippen molar-refractivity contribution in [1.82, 2.24) is 0 Å². The minimum absolute atomic E-state index is 0.108. The Bertz CT molecular complexity index is 658. The second-order valence-electron chi connectivity index (χ2n) is 11.1. The SMILES string of the molecule is C=CC(=O)OC1(C(=O)OCCCCCCC)CCCC(C(=O)OCCCCCCCCCCC(C)C)C1. The van der Waals surface area contributed by atoms with Crippen molar-refractivity contribution in [1.29, 1.82) is 0 Å². The van der Waals surface area contributed by atoms with Gasteiger partial charge in [0.1, 0.15) is 0 Å². The van der Waals surface area contributed by atoms with E-state index in [2.05, 4.69) is 27.4 Å². The molecule has 0 heterocycles. The molecule has 37 heavy (non-hydrogen) atoms. The quantitative estimate of drug-likeness (QED) is 0.0660. The maximum Gasteiger partial charge on any atom is 0.350 e. The lowest BCUT2D eigenvalue weighted by molar-refractivity contribution is -0.188. The summed E-state index contributed by atoms with van der Waals surface area (Å²) in [6.45, 7) is 10.8. The minimum Gasteiger partial charge on any atom is -0.465 e. The summed E-state index contributed by atoms with van der Waals surface area (Å²) in [6, 6.07) is 0. The molecule has 6 nitrogen and oxygen atoms in total. The van der Waals surface area contributed by atoms with Gasteiger partial charge in [0.2, 0.25) is 5.60 Å². The van der Waals surface area contributed by atoms with Gasteiger partial charge in [0.05, 0.1) is 19.1 Å². The van der Waals surface area contributed by atoms with E-state index in [0.717, 1.165) is 63.4 Å². The summed E-state index contributed by atoms with van der Waals surface area (Å²) in [6.07, 6.45) is 18.8. The number of rotatable bonds is 21. The van der Waals surface area contributed by atoms with Gasteiger partial charge in [-0.05, 0) is 38.0 Å². The molecular formula is C31H54O6. The third kappa shape index (κ3) is 14.6. The van der Waals surface area contributed by atoms with Crippen molar-refractivity contribution in [3.8, 4) is 0 Å². The first kappa shape index (κ1) is 33.2. The van der Waals surface area contributed by atoms with Crippen molar-refractivity contribution in [3.05, 3.63) is 12.7 Å². The molecule has 214 valence electrons. The second-order valence-corrected chi connectivity index (χ2v) is 11.1. The Kier molecular flexibility index (Phi) is 18.1. The fraction of sp³-hybridized carbons (Fsp3) is 0.839. The zero-order chi connectivity index (χ0) is 27.4. The van der Waals surface area contributed by atoms with E-state index in [9.17, 15) is 14.4 Å². The van der Waals surface area contributed by atoms with Crippen LogP contribution in [0, 0.1) is 11.8 Å². The summed E-state index contributed by atoms with van der Waals surface area (Å²) >= 11 is 0. The molecule has 0 saturated heterocycles. The lowest BCUT2D eigenvalue weighted by Crippen LogP contribution is -2.49. The molecule has 0 spiro atoms. The van der Waals surface area contributed by atoms with Crippen molar-refractivity contribution in [2.45, 2.75) is 142 Å². The van der Waals surface area contributed by atoms with Gasteiger partial charge in [-0.3, -0.25) is 4.79 Å². The van der Waals surface area contributed by atoms with Crippen molar-refractivity contribution in [2.24, 2.45) is 11.8 Å². The highest BCUT2D eigenvalue weighted by Gasteiger charge is 2.49. The molecule has 0 aliphatic heterocycles. The molecule has 0 N–H and O–H groups in total. The van der Waals surface area contributed by atoms with Gasteiger partial charge in [0.15, 0.2) is 0 Å². The van der Waals surface area contributed by atoms with E-state index in [1.165, 1.54) is 38.5 Å². The van der Waals surface area contributed by atoms with Crippen LogP contribution in [-0.4, -0.2) is 36.7 Å². The van der Waals surface area contributed by atoms with Gasteiger partial charge in [-0.25, -0.2) is 9.59 Å². The first-order valence-corrected chi connectivity index (χ1v) is 15.0. The first-order valence-electron chi connectivity index (χ1n) is 15.0. The average molecular weight is 523 g/mol. The zero-order valence-electron chi connectivity index (χ0n) is 24.0. The fourth-order valence-electron chi connectivity index (χ4n) is 5.00. The maximum absolute atomic E-state index is 13.0. The number of unbranched alkanes of at least 4 members (excludes halogenated alkanes) is 11. The predicted molar refractivity (Wildman–Crippen MR) is 148 cm³/mol. The normalized spacial score (nSPS) is 19.4. The maximum atomic E-state index is 13.0. The molecular weight excluding hydrogens is 468 g/mol. The number of carbonyl (C=O) groups excluding carboxylic acids is 3. The third-order valence-electron chi connectivity index (χ3n) is 7.28. The third-order valence-corrected chi connectivity index (χ3v) is 7.28. The van der Waals surface area contributed by atoms with Crippen LogP contribution in [-0.2, 0) is 28.6 Å². The lowest BCUT2D eigenvalue weighted by Gasteiger charge is -2.37. The standard InChI is InChI=1S/C31H54O6/c1-5-7-8-14-18-24-36-30(34)31(37-28(32)6-2)22-19-21-27(25-31)29(33)35-23-17-15-12-10-9-11-13-16-20-26(3)4/h6,26-27H,2,5,7-25H2,1,3-4H3. The van der Waals surface area contributed by atoms with Crippen LogP contribution in [0.2, 0.25) is 0 Å². The van der Waals surface area contributed by atoms with Crippen molar-refractivity contribution in [3.63, 3.8) is 0 Å². The summed E-state index contributed by atoms with van der Waals surface area (Å²) in [4.78, 5) is 37.8. The molecule has 1 aliphatic rings. The molecule has 0 amide bonds. The molecule has 0 aromatic rings. The van der Waals surface area contributed by atoms with Crippen LogP contribution in [0.25, 0.3) is 0 Å². The van der Waals surface area contributed by atoms with Gasteiger partial charge in [0, 0.05) is 12.5 Å². The van der Waals surface area contributed by atoms with Crippen molar-refractivity contribution >= 4 is 17.9 Å². The van der Waals surface area contributed by atoms with Crippen molar-refractivity contribution in [2.75, 3.05) is 13.2 Å². The first-order chi connectivity index (χ1) is 17.8. The number of hydrogen-bond donors (Lipinski definition) is 0. The van der Waals surface area contributed by atoms with E-state index in [1.54, 1.807) is 0 Å². The van der Waals surface area contributed by atoms with Crippen LogP contribution in [0.4, 0.5) is 0 Å². The van der Waals surface area contributed by atoms with Gasteiger partial charge in [0.25, 0.3) is 0 Å². The molecule has 0 aromatic heterocycles. The van der Waals surface area contributed by atoms with E-state index in [0.29, 0.717) is 32.5 Å². The molecule has 0 bridgehead atoms. The Morgan fingerprint density at radius 1 is 0.865 bits per heavy atom. The largest absolute Gasteiger partial charge is 0.465 e. The van der Waals surface area contributed by atoms with Gasteiger partial charge >= 0.3 is 17.9 Å². The minimum atomic E-state index is -1.44. The zero-order valence-corrected chi connectivity index (χ0v) is 24.0. The van der Waals surface area contributed by atoms with Crippen LogP contribution in [0.1, 0.15) is 136 Å². The highest BCUT2D eigenvalue weighted by molar-refractivity contribution is 5.88. The van der Waals surface area contributed by atoms with Gasteiger partial charge < -0.3 is 14.2 Å². The summed E-state index contributed by atoms with van der Waals surface area (Å²) in [5.74, 6) is -1.21. The molecule has 0 radical (unpaired) electrons. The van der Waals surface area contributed by atoms with Gasteiger partial charge in [-0.15, -0.1) is 0 Å². The number of esters is 3. The molecule has 1 rings (SSSR count). The molecule has 1 aliphatic carbocycles. The number of hydrogen-bond acceptors (Lipinski definition) is 6. The number of carbonyl (C=O) groups is 3. The average Bonchev–Trinajstić information content (AvgIpc) is 2.88. The highest BCUT2D eigenvalue weighted by Crippen LogP contribution is 2.37. The summed E-state index contributed by atoms with van der Waals surface area (Å²) in [7, 11) is 0. The van der Waals surface area contributed by atoms with Crippen LogP contribution in [0.5, 0.6) is 0 Å². The molecule has 2 unspecified atom stereocenters. The van der Waals surface area contributed by atoms with E-state index in [1.807, 2.05) is 0 Å². The van der Waals surface area contributed by atoms with E-state index < -0.39 is 23.5 Å². The Morgan fingerprint density at radius 2 is 1.43 bits per heavy atom. The molecule has 1 saturated carbocycles. The van der Waals surface area contributed by atoms with Gasteiger partial charge in [-0.2, -0.15) is 0 Å². The number of ether oxygens (including phenoxy) is 3. The summed E-state index contributed by atoms with van der Waals surface area (Å²) in [5, 5.41) is 0. The Labute approximate surface area is 226 Å². The van der Waals surface area contributed by atoms with E-state index >= 15 is 0 Å². The van der Waals surface area contributed by atoms with E-state index in [-0.39, 0.29) is 12.4 Å².